The third kappa shape index (κ3) is 0.979. The molecular weight excluding hydrogens is 184 g/mol. The van der Waals surface area contributed by atoms with Crippen LogP contribution in [0, 0.1) is 23.2 Å². The number of hydrogen-bond acceptors (Lipinski definition) is 1. The van der Waals surface area contributed by atoms with E-state index in [4.69, 9.17) is 0 Å². The molecule has 2 aliphatic carbocycles. The van der Waals surface area contributed by atoms with Crippen LogP contribution in [0.4, 0.5) is 0 Å². The molecule has 2 nitrogen and oxygen atoms in total. The molecule has 1 heterocycles. The molecule has 2 saturated carbocycles. The van der Waals surface area contributed by atoms with Crippen molar-refractivity contribution in [3.63, 3.8) is 0 Å². The Morgan fingerprint density at radius 1 is 1.27 bits per heavy atom. The van der Waals surface area contributed by atoms with Crippen molar-refractivity contribution in [2.75, 3.05) is 20.1 Å². The molecule has 82 valence electrons. The summed E-state index contributed by atoms with van der Waals surface area (Å²) in [5, 5.41) is 9.31. The van der Waals surface area contributed by atoms with E-state index in [0.29, 0.717) is 11.5 Å². The van der Waals surface area contributed by atoms with Gasteiger partial charge in [-0.3, -0.25) is 0 Å². The normalized spacial score (nSPS) is 46.9. The fourth-order valence-corrected chi connectivity index (χ4v) is 4.90. The van der Waals surface area contributed by atoms with Crippen molar-refractivity contribution in [1.82, 2.24) is 0 Å². The number of rotatable bonds is 1. The van der Waals surface area contributed by atoms with E-state index in [-0.39, 0.29) is 0 Å². The highest BCUT2D eigenvalue weighted by Crippen LogP contribution is 2.60. The maximum Gasteiger partial charge on any atom is 0.118 e. The molecule has 3 rings (SSSR count). The van der Waals surface area contributed by atoms with Gasteiger partial charge in [0.25, 0.3) is 0 Å². The van der Waals surface area contributed by atoms with Crippen LogP contribution in [-0.2, 0) is 0 Å². The maximum absolute atomic E-state index is 9.31. The summed E-state index contributed by atoms with van der Waals surface area (Å²) >= 11 is 0. The highest BCUT2D eigenvalue weighted by atomic mass is 15.4. The maximum atomic E-state index is 9.31. The van der Waals surface area contributed by atoms with Crippen molar-refractivity contribution >= 4 is 0 Å². The van der Waals surface area contributed by atoms with E-state index in [1.54, 1.807) is 0 Å². The number of hydrogen-bond donors (Lipinski definition) is 0. The zero-order chi connectivity index (χ0) is 10.5. The van der Waals surface area contributed by atoms with Crippen LogP contribution in [0.2, 0.25) is 0 Å². The van der Waals surface area contributed by atoms with Crippen LogP contribution in [0.15, 0.2) is 0 Å². The highest BCUT2D eigenvalue weighted by molar-refractivity contribution is 5.16. The van der Waals surface area contributed by atoms with Gasteiger partial charge in [-0.25, -0.2) is 0 Å². The fourth-order valence-electron chi connectivity index (χ4n) is 4.90. The van der Waals surface area contributed by atoms with Crippen molar-refractivity contribution < 1.29 is 4.48 Å². The molecular formula is C13H21N2+. The lowest BCUT2D eigenvalue weighted by Gasteiger charge is -2.59. The van der Waals surface area contributed by atoms with E-state index in [1.807, 2.05) is 0 Å². The molecule has 0 bridgehead atoms. The molecule has 1 saturated heterocycles. The van der Waals surface area contributed by atoms with Gasteiger partial charge in [0.05, 0.1) is 26.2 Å². The molecule has 0 aromatic rings. The molecule has 3 aliphatic rings. The minimum atomic E-state index is 0.369. The minimum absolute atomic E-state index is 0.369. The van der Waals surface area contributed by atoms with Gasteiger partial charge in [-0.2, -0.15) is 5.26 Å². The van der Waals surface area contributed by atoms with E-state index >= 15 is 0 Å². The average Bonchev–Trinajstić information content (AvgIpc) is 2.75. The zero-order valence-electron chi connectivity index (χ0n) is 9.71. The van der Waals surface area contributed by atoms with Gasteiger partial charge in [0.2, 0.25) is 0 Å². The lowest BCUT2D eigenvalue weighted by atomic mass is 9.58. The van der Waals surface area contributed by atoms with Gasteiger partial charge >= 0.3 is 0 Å². The van der Waals surface area contributed by atoms with Crippen LogP contribution in [0.5, 0.6) is 0 Å². The molecule has 0 amide bonds. The summed E-state index contributed by atoms with van der Waals surface area (Å²) in [6, 6.07) is 2.60. The summed E-state index contributed by atoms with van der Waals surface area (Å²) in [4.78, 5) is 0. The Hall–Kier alpha value is -0.550. The Kier molecular flexibility index (Phi) is 1.92. The quantitative estimate of drug-likeness (QED) is 0.603. The van der Waals surface area contributed by atoms with Crippen molar-refractivity contribution in [3.8, 4) is 6.07 Å². The number of nitrogens with zero attached hydrogens (tertiary/aromatic N) is 2. The molecule has 0 spiro atoms. The van der Waals surface area contributed by atoms with Gasteiger partial charge in [0.15, 0.2) is 0 Å². The van der Waals surface area contributed by atoms with Crippen LogP contribution in [0.25, 0.3) is 0 Å². The SMILES string of the molecule is C[N+]1([C@]23CCC[C@H]2C[C@@H]3C#N)CCCC1. The molecule has 0 aromatic heterocycles. The molecule has 0 aromatic carbocycles. The predicted octanol–water partition coefficient (Wildman–Crippen LogP) is 2.31. The second kappa shape index (κ2) is 2.98. The summed E-state index contributed by atoms with van der Waals surface area (Å²) in [5.41, 5.74) is 0.394. The van der Waals surface area contributed by atoms with Crippen LogP contribution < -0.4 is 0 Å². The Morgan fingerprint density at radius 2 is 2.00 bits per heavy atom. The monoisotopic (exact) mass is 205 g/mol. The largest absolute Gasteiger partial charge is 0.320 e. The van der Waals surface area contributed by atoms with Crippen molar-refractivity contribution in [1.29, 1.82) is 5.26 Å². The second-order valence-electron chi connectivity index (χ2n) is 6.05. The third-order valence-electron chi connectivity index (χ3n) is 5.67. The average molecular weight is 205 g/mol. The first kappa shape index (κ1) is 9.66. The molecule has 2 heteroatoms. The first-order valence-electron chi connectivity index (χ1n) is 6.47. The van der Waals surface area contributed by atoms with Gasteiger partial charge < -0.3 is 4.48 Å². The van der Waals surface area contributed by atoms with Gasteiger partial charge in [-0.1, -0.05) is 0 Å². The Labute approximate surface area is 92.5 Å². The molecule has 15 heavy (non-hydrogen) atoms. The third-order valence-corrected chi connectivity index (χ3v) is 5.67. The molecule has 0 radical (unpaired) electrons. The summed E-state index contributed by atoms with van der Waals surface area (Å²) < 4.78 is 1.23. The summed E-state index contributed by atoms with van der Waals surface area (Å²) in [6.07, 6.45) is 8.05. The second-order valence-corrected chi connectivity index (χ2v) is 6.05. The number of fused-ring (bicyclic) bond motifs is 1. The van der Waals surface area contributed by atoms with Gasteiger partial charge in [0, 0.05) is 25.2 Å². The topological polar surface area (TPSA) is 23.8 Å². The smallest absolute Gasteiger partial charge is 0.118 e. The minimum Gasteiger partial charge on any atom is -0.320 e. The lowest BCUT2D eigenvalue weighted by Crippen LogP contribution is -2.71. The van der Waals surface area contributed by atoms with Gasteiger partial charge in [0.1, 0.15) is 11.5 Å². The van der Waals surface area contributed by atoms with Crippen LogP contribution >= 0.6 is 0 Å². The van der Waals surface area contributed by atoms with E-state index < -0.39 is 0 Å². The first-order chi connectivity index (χ1) is 7.23. The summed E-state index contributed by atoms with van der Waals surface area (Å²) in [5.74, 6) is 1.25. The van der Waals surface area contributed by atoms with Crippen molar-refractivity contribution in [2.24, 2.45) is 11.8 Å². The predicted molar refractivity (Wildman–Crippen MR) is 58.9 cm³/mol. The number of nitriles is 1. The summed E-state index contributed by atoms with van der Waals surface area (Å²) in [6.45, 7) is 2.66. The lowest BCUT2D eigenvalue weighted by molar-refractivity contribution is -0.962. The number of likely N-dealkylation sites (tertiary alicyclic amines) is 1. The zero-order valence-corrected chi connectivity index (χ0v) is 9.71. The van der Waals surface area contributed by atoms with Crippen LogP contribution in [-0.4, -0.2) is 30.2 Å². The standard InChI is InChI=1S/C13H21N2/c1-15(7-2-3-8-15)13-6-4-5-11(13)9-12(13)10-14/h11-12H,2-9H2,1H3/q+1/t11-,12+,13+/m0/s1. The van der Waals surface area contributed by atoms with Crippen LogP contribution in [0.3, 0.4) is 0 Å². The van der Waals surface area contributed by atoms with E-state index in [0.717, 1.165) is 5.92 Å². The Morgan fingerprint density at radius 3 is 2.60 bits per heavy atom. The van der Waals surface area contributed by atoms with Gasteiger partial charge in [-0.05, 0) is 19.3 Å². The van der Waals surface area contributed by atoms with E-state index in [1.165, 1.54) is 56.1 Å². The van der Waals surface area contributed by atoms with Gasteiger partial charge in [-0.15, -0.1) is 0 Å². The molecule has 3 fully saturated rings. The first-order valence-corrected chi connectivity index (χ1v) is 6.47. The van der Waals surface area contributed by atoms with Crippen molar-refractivity contribution in [3.05, 3.63) is 0 Å². The molecule has 0 unspecified atom stereocenters. The highest BCUT2D eigenvalue weighted by Gasteiger charge is 2.68. The molecule has 3 atom stereocenters. The van der Waals surface area contributed by atoms with E-state index in [9.17, 15) is 5.26 Å². The molecule has 0 N–H and O–H groups in total. The van der Waals surface area contributed by atoms with E-state index in [2.05, 4.69) is 13.1 Å². The number of quaternary nitrogens is 1. The fraction of sp³-hybridized carbons (Fsp3) is 0.923. The summed E-state index contributed by atoms with van der Waals surface area (Å²) in [7, 11) is 2.43. The Balaban J connectivity index is 1.96. The van der Waals surface area contributed by atoms with Crippen molar-refractivity contribution in [2.45, 2.75) is 44.1 Å². The van der Waals surface area contributed by atoms with Crippen LogP contribution in [0.1, 0.15) is 38.5 Å². The molecule has 1 aliphatic heterocycles. The Bertz CT molecular complexity index is 311.